The van der Waals surface area contributed by atoms with Crippen molar-refractivity contribution in [3.63, 3.8) is 0 Å². The lowest BCUT2D eigenvalue weighted by Gasteiger charge is -2.34. The third kappa shape index (κ3) is 3.12. The first-order valence-electron chi connectivity index (χ1n) is 8.53. The predicted octanol–water partition coefficient (Wildman–Crippen LogP) is 2.96. The van der Waals surface area contributed by atoms with Gasteiger partial charge in [0.1, 0.15) is 6.10 Å². The number of hydrogen-bond acceptors (Lipinski definition) is 2. The van der Waals surface area contributed by atoms with Gasteiger partial charge in [-0.3, -0.25) is 0 Å². The maximum absolute atomic E-state index is 12.6. The zero-order valence-corrected chi connectivity index (χ0v) is 12.9. The van der Waals surface area contributed by atoms with E-state index < -0.39 is 0 Å². The van der Waals surface area contributed by atoms with Gasteiger partial charge in [0, 0.05) is 12.6 Å². The second kappa shape index (κ2) is 5.92. The molecule has 3 aliphatic rings. The Morgan fingerprint density at radius 1 is 1.14 bits per heavy atom. The Morgan fingerprint density at radius 2 is 1.82 bits per heavy atom. The summed E-state index contributed by atoms with van der Waals surface area (Å²) in [6.07, 6.45) is 5.16. The molecule has 2 aliphatic carbocycles. The van der Waals surface area contributed by atoms with Gasteiger partial charge in [-0.1, -0.05) is 30.3 Å². The van der Waals surface area contributed by atoms with Crippen molar-refractivity contribution in [2.75, 3.05) is 19.7 Å². The average molecular weight is 300 g/mol. The molecule has 4 rings (SSSR count). The summed E-state index contributed by atoms with van der Waals surface area (Å²) in [6, 6.07) is 10.7. The number of amides is 2. The van der Waals surface area contributed by atoms with E-state index in [1.54, 1.807) is 0 Å². The van der Waals surface area contributed by atoms with Gasteiger partial charge in [-0.2, -0.15) is 0 Å². The normalized spacial score (nSPS) is 25.3. The second-order valence-electron chi connectivity index (χ2n) is 6.87. The zero-order chi connectivity index (χ0) is 14.9. The molecule has 1 aromatic carbocycles. The van der Waals surface area contributed by atoms with Crippen molar-refractivity contribution < 1.29 is 9.53 Å². The minimum absolute atomic E-state index is 0.000926. The number of benzene rings is 1. The van der Waals surface area contributed by atoms with Crippen LogP contribution < -0.4 is 5.32 Å². The quantitative estimate of drug-likeness (QED) is 0.929. The molecule has 2 saturated carbocycles. The van der Waals surface area contributed by atoms with E-state index in [1.165, 1.54) is 25.7 Å². The van der Waals surface area contributed by atoms with Crippen molar-refractivity contribution in [3.05, 3.63) is 35.9 Å². The monoisotopic (exact) mass is 300 g/mol. The van der Waals surface area contributed by atoms with Gasteiger partial charge in [0.15, 0.2) is 0 Å². The van der Waals surface area contributed by atoms with Gasteiger partial charge < -0.3 is 15.0 Å². The van der Waals surface area contributed by atoms with Crippen molar-refractivity contribution in [2.45, 2.75) is 37.8 Å². The minimum atomic E-state index is 0.000926. The van der Waals surface area contributed by atoms with Crippen molar-refractivity contribution in [1.82, 2.24) is 10.2 Å². The smallest absolute Gasteiger partial charge is 0.317 e. The zero-order valence-electron chi connectivity index (χ0n) is 12.9. The van der Waals surface area contributed by atoms with E-state index in [-0.39, 0.29) is 12.1 Å². The highest BCUT2D eigenvalue weighted by Gasteiger charge is 2.43. The van der Waals surface area contributed by atoms with E-state index in [4.69, 9.17) is 4.74 Å². The molecule has 3 fully saturated rings. The first-order chi connectivity index (χ1) is 10.8. The number of morpholine rings is 1. The lowest BCUT2D eigenvalue weighted by atomic mass is 10.1. The summed E-state index contributed by atoms with van der Waals surface area (Å²) in [5.74, 6) is 1.48. The lowest BCUT2D eigenvalue weighted by Crippen LogP contribution is -2.51. The van der Waals surface area contributed by atoms with Crippen LogP contribution in [-0.2, 0) is 4.74 Å². The maximum Gasteiger partial charge on any atom is 0.317 e. The number of carbonyl (C=O) groups is 1. The maximum atomic E-state index is 12.6. The predicted molar refractivity (Wildman–Crippen MR) is 84.5 cm³/mol. The number of nitrogens with zero attached hydrogens (tertiary/aromatic N) is 1. The number of rotatable bonds is 4. The molecular formula is C18H24N2O2. The number of ether oxygens (including phenoxy) is 1. The molecule has 1 aliphatic heterocycles. The number of nitrogens with one attached hydrogen (secondary N) is 1. The standard InChI is InChI=1S/C18H24N2O2/c21-18(19-17(14-6-7-14)15-8-9-15)20-10-11-22-16(12-20)13-4-2-1-3-5-13/h1-5,14-17H,6-12H2,(H,19,21). The fourth-order valence-corrected chi connectivity index (χ4v) is 3.47. The van der Waals surface area contributed by atoms with Crippen LogP contribution >= 0.6 is 0 Å². The van der Waals surface area contributed by atoms with Crippen LogP contribution in [0.3, 0.4) is 0 Å². The van der Waals surface area contributed by atoms with Gasteiger partial charge in [-0.05, 0) is 43.1 Å². The summed E-state index contributed by atoms with van der Waals surface area (Å²) in [5, 5.41) is 3.31. The molecule has 0 aromatic heterocycles. The fourth-order valence-electron chi connectivity index (χ4n) is 3.47. The highest BCUT2D eigenvalue weighted by Crippen LogP contribution is 2.44. The highest BCUT2D eigenvalue weighted by atomic mass is 16.5. The van der Waals surface area contributed by atoms with E-state index in [1.807, 2.05) is 23.1 Å². The van der Waals surface area contributed by atoms with Crippen LogP contribution in [0.25, 0.3) is 0 Å². The molecule has 1 saturated heterocycles. The van der Waals surface area contributed by atoms with Crippen LogP contribution in [0.5, 0.6) is 0 Å². The van der Waals surface area contributed by atoms with Crippen molar-refractivity contribution >= 4 is 6.03 Å². The largest absolute Gasteiger partial charge is 0.370 e. The van der Waals surface area contributed by atoms with Crippen molar-refractivity contribution in [2.24, 2.45) is 11.8 Å². The molecule has 1 unspecified atom stereocenters. The Hall–Kier alpha value is -1.55. The molecule has 0 spiro atoms. The van der Waals surface area contributed by atoms with Crippen LogP contribution in [0.15, 0.2) is 30.3 Å². The Kier molecular flexibility index (Phi) is 3.78. The van der Waals surface area contributed by atoms with E-state index in [0.717, 1.165) is 17.4 Å². The minimum Gasteiger partial charge on any atom is -0.370 e. The molecular weight excluding hydrogens is 276 g/mol. The summed E-state index contributed by atoms with van der Waals surface area (Å²) in [5.41, 5.74) is 1.15. The van der Waals surface area contributed by atoms with Crippen LogP contribution in [0.2, 0.25) is 0 Å². The Morgan fingerprint density at radius 3 is 2.45 bits per heavy atom. The van der Waals surface area contributed by atoms with Gasteiger partial charge in [0.25, 0.3) is 0 Å². The molecule has 118 valence electrons. The topological polar surface area (TPSA) is 41.6 Å². The molecule has 1 atom stereocenters. The lowest BCUT2D eigenvalue weighted by molar-refractivity contribution is -0.0159. The Bertz CT molecular complexity index is 513. The Balaban J connectivity index is 1.38. The molecule has 22 heavy (non-hydrogen) atoms. The number of hydrogen-bond donors (Lipinski definition) is 1. The summed E-state index contributed by atoms with van der Waals surface area (Å²) in [4.78, 5) is 14.5. The SMILES string of the molecule is O=C(NC(C1CC1)C1CC1)N1CCOC(c2ccccc2)C1. The summed E-state index contributed by atoms with van der Waals surface area (Å²) in [7, 11) is 0. The average Bonchev–Trinajstić information content (AvgIpc) is 3.47. The van der Waals surface area contributed by atoms with Gasteiger partial charge >= 0.3 is 6.03 Å². The second-order valence-corrected chi connectivity index (χ2v) is 6.87. The van der Waals surface area contributed by atoms with E-state index in [2.05, 4.69) is 17.4 Å². The molecule has 0 radical (unpaired) electrons. The molecule has 1 N–H and O–H groups in total. The Labute approximate surface area is 131 Å². The van der Waals surface area contributed by atoms with E-state index in [0.29, 0.717) is 25.7 Å². The van der Waals surface area contributed by atoms with Crippen LogP contribution in [0.4, 0.5) is 4.79 Å². The van der Waals surface area contributed by atoms with E-state index in [9.17, 15) is 4.79 Å². The summed E-state index contributed by atoms with van der Waals surface area (Å²) in [6.45, 7) is 1.96. The molecule has 4 heteroatoms. The summed E-state index contributed by atoms with van der Waals surface area (Å²) >= 11 is 0. The molecule has 0 bridgehead atoms. The van der Waals surface area contributed by atoms with Crippen molar-refractivity contribution in [1.29, 1.82) is 0 Å². The van der Waals surface area contributed by atoms with Crippen molar-refractivity contribution in [3.8, 4) is 0 Å². The van der Waals surface area contributed by atoms with E-state index >= 15 is 0 Å². The third-order valence-corrected chi connectivity index (χ3v) is 5.07. The summed E-state index contributed by atoms with van der Waals surface area (Å²) < 4.78 is 5.85. The molecule has 2 amide bonds. The highest BCUT2D eigenvalue weighted by molar-refractivity contribution is 5.75. The van der Waals surface area contributed by atoms with Crippen LogP contribution in [0.1, 0.15) is 37.4 Å². The van der Waals surface area contributed by atoms with Gasteiger partial charge in [-0.15, -0.1) is 0 Å². The van der Waals surface area contributed by atoms with Crippen LogP contribution in [-0.4, -0.2) is 36.7 Å². The first-order valence-corrected chi connectivity index (χ1v) is 8.53. The molecule has 1 heterocycles. The van der Waals surface area contributed by atoms with Gasteiger partial charge in [-0.25, -0.2) is 4.79 Å². The first kappa shape index (κ1) is 14.1. The molecule has 4 nitrogen and oxygen atoms in total. The van der Waals surface area contributed by atoms with Gasteiger partial charge in [0.2, 0.25) is 0 Å². The molecule has 1 aromatic rings. The third-order valence-electron chi connectivity index (χ3n) is 5.07. The van der Waals surface area contributed by atoms with Crippen LogP contribution in [0, 0.1) is 11.8 Å². The number of carbonyl (C=O) groups excluding carboxylic acids is 1. The van der Waals surface area contributed by atoms with Gasteiger partial charge in [0.05, 0.1) is 13.2 Å². The fraction of sp³-hybridized carbons (Fsp3) is 0.611. The number of urea groups is 1.